The predicted molar refractivity (Wildman–Crippen MR) is 71.6 cm³/mol. The number of aliphatic hydroxyl groups is 1. The Morgan fingerprint density at radius 1 is 1.32 bits per heavy atom. The molecule has 1 fully saturated rings. The molecule has 1 unspecified atom stereocenters. The second-order valence-corrected chi connectivity index (χ2v) is 5.06. The summed E-state index contributed by atoms with van der Waals surface area (Å²) in [6.45, 7) is 1.42. The topological polar surface area (TPSA) is 40.5 Å². The van der Waals surface area contributed by atoms with E-state index in [9.17, 15) is 9.18 Å². The van der Waals surface area contributed by atoms with Gasteiger partial charge in [-0.15, -0.1) is 0 Å². The first-order valence-corrected chi connectivity index (χ1v) is 6.84. The molecule has 2 rings (SSSR count). The minimum Gasteiger partial charge on any atom is -0.396 e. The largest absolute Gasteiger partial charge is 0.396 e. The zero-order valence-electron chi connectivity index (χ0n) is 11.0. The molecule has 1 aliphatic rings. The number of carbonyl (C=O) groups excluding carboxylic acids is 1. The number of hydrogen-bond donors (Lipinski definition) is 1. The Morgan fingerprint density at radius 2 is 2.05 bits per heavy atom. The van der Waals surface area contributed by atoms with Gasteiger partial charge in [0.1, 0.15) is 5.82 Å². The van der Waals surface area contributed by atoms with Crippen molar-refractivity contribution < 1.29 is 14.3 Å². The number of aliphatic hydroxyl groups excluding tert-OH is 1. The monoisotopic (exact) mass is 265 g/mol. The van der Waals surface area contributed by atoms with Crippen LogP contribution in [0.25, 0.3) is 0 Å². The fourth-order valence-corrected chi connectivity index (χ4v) is 2.66. The first kappa shape index (κ1) is 14.2. The van der Waals surface area contributed by atoms with E-state index in [1.54, 1.807) is 0 Å². The molecule has 0 amide bonds. The number of carbonyl (C=O) groups is 1. The smallest absolute Gasteiger partial charge is 0.176 e. The van der Waals surface area contributed by atoms with Gasteiger partial charge in [-0.3, -0.25) is 9.69 Å². The standard InChI is InChI=1S/C15H20FNO2/c16-13-6-4-12(5-7-13)15(19)11-17-9-2-1-3-14(17)8-10-18/h4-7,14,18H,1-3,8-11H2. The highest BCUT2D eigenvalue weighted by Gasteiger charge is 2.24. The SMILES string of the molecule is O=C(CN1CCCCC1CCO)c1ccc(F)cc1. The molecule has 1 aromatic rings. The molecule has 3 nitrogen and oxygen atoms in total. The van der Waals surface area contributed by atoms with E-state index in [0.29, 0.717) is 18.2 Å². The van der Waals surface area contributed by atoms with Gasteiger partial charge in [0.25, 0.3) is 0 Å². The average Bonchev–Trinajstić information content (AvgIpc) is 2.42. The highest BCUT2D eigenvalue weighted by molar-refractivity contribution is 5.97. The molecule has 19 heavy (non-hydrogen) atoms. The van der Waals surface area contributed by atoms with Crippen LogP contribution in [0.1, 0.15) is 36.0 Å². The number of ketones is 1. The second-order valence-electron chi connectivity index (χ2n) is 5.06. The molecule has 104 valence electrons. The molecule has 1 aliphatic heterocycles. The number of likely N-dealkylation sites (tertiary alicyclic amines) is 1. The molecule has 0 radical (unpaired) electrons. The van der Waals surface area contributed by atoms with Crippen LogP contribution in [-0.4, -0.2) is 41.5 Å². The highest BCUT2D eigenvalue weighted by atomic mass is 19.1. The summed E-state index contributed by atoms with van der Waals surface area (Å²) in [7, 11) is 0. The third kappa shape index (κ3) is 3.85. The van der Waals surface area contributed by atoms with E-state index in [0.717, 1.165) is 32.2 Å². The van der Waals surface area contributed by atoms with Gasteiger partial charge in [-0.05, 0) is 50.1 Å². The van der Waals surface area contributed by atoms with Crippen LogP contribution in [0.4, 0.5) is 4.39 Å². The van der Waals surface area contributed by atoms with Crippen molar-refractivity contribution in [1.29, 1.82) is 0 Å². The quantitative estimate of drug-likeness (QED) is 0.830. The summed E-state index contributed by atoms with van der Waals surface area (Å²) in [4.78, 5) is 14.3. The molecule has 4 heteroatoms. The Morgan fingerprint density at radius 3 is 2.74 bits per heavy atom. The van der Waals surface area contributed by atoms with E-state index in [1.807, 2.05) is 0 Å². The maximum Gasteiger partial charge on any atom is 0.176 e. The fourth-order valence-electron chi connectivity index (χ4n) is 2.66. The van der Waals surface area contributed by atoms with Crippen molar-refractivity contribution in [3.05, 3.63) is 35.6 Å². The lowest BCUT2D eigenvalue weighted by molar-refractivity contribution is 0.0799. The number of piperidine rings is 1. The number of hydrogen-bond acceptors (Lipinski definition) is 3. The molecule has 1 N–H and O–H groups in total. The molecule has 0 spiro atoms. The van der Waals surface area contributed by atoms with Crippen molar-refractivity contribution in [2.75, 3.05) is 19.7 Å². The summed E-state index contributed by atoms with van der Waals surface area (Å²) in [6, 6.07) is 5.98. The number of halogens is 1. The van der Waals surface area contributed by atoms with Crippen LogP contribution in [0.3, 0.4) is 0 Å². The van der Waals surface area contributed by atoms with E-state index in [4.69, 9.17) is 5.11 Å². The summed E-state index contributed by atoms with van der Waals surface area (Å²) in [5.41, 5.74) is 0.551. The molecule has 0 aromatic heterocycles. The van der Waals surface area contributed by atoms with Crippen molar-refractivity contribution in [3.63, 3.8) is 0 Å². The summed E-state index contributed by atoms with van der Waals surface area (Å²) in [6.07, 6.45) is 4.01. The van der Waals surface area contributed by atoms with Crippen LogP contribution in [0, 0.1) is 5.82 Å². The van der Waals surface area contributed by atoms with Gasteiger partial charge in [-0.2, -0.15) is 0 Å². The lowest BCUT2D eigenvalue weighted by Gasteiger charge is -2.34. The number of benzene rings is 1. The van der Waals surface area contributed by atoms with E-state index < -0.39 is 0 Å². The van der Waals surface area contributed by atoms with E-state index in [-0.39, 0.29) is 18.2 Å². The van der Waals surface area contributed by atoms with Crippen molar-refractivity contribution in [2.24, 2.45) is 0 Å². The minimum absolute atomic E-state index is 0.0184. The predicted octanol–water partition coefficient (Wildman–Crippen LogP) is 2.25. The van der Waals surface area contributed by atoms with Crippen LogP contribution >= 0.6 is 0 Å². The zero-order chi connectivity index (χ0) is 13.7. The molecule has 0 saturated carbocycles. The van der Waals surface area contributed by atoms with Crippen LogP contribution < -0.4 is 0 Å². The van der Waals surface area contributed by atoms with Crippen LogP contribution in [-0.2, 0) is 0 Å². The molecule has 1 heterocycles. The normalized spacial score (nSPS) is 20.4. The van der Waals surface area contributed by atoms with E-state index in [1.165, 1.54) is 24.3 Å². The Bertz CT molecular complexity index is 417. The molecule has 1 saturated heterocycles. The van der Waals surface area contributed by atoms with Crippen molar-refractivity contribution in [2.45, 2.75) is 31.7 Å². The van der Waals surface area contributed by atoms with Gasteiger partial charge in [0.05, 0.1) is 6.54 Å². The summed E-state index contributed by atoms with van der Waals surface area (Å²) in [5, 5.41) is 9.06. The van der Waals surface area contributed by atoms with Crippen LogP contribution in [0.5, 0.6) is 0 Å². The Kier molecular flexibility index (Phi) is 5.05. The van der Waals surface area contributed by atoms with Gasteiger partial charge in [-0.25, -0.2) is 4.39 Å². The molecular formula is C15H20FNO2. The van der Waals surface area contributed by atoms with Crippen molar-refractivity contribution >= 4 is 5.78 Å². The lowest BCUT2D eigenvalue weighted by Crippen LogP contribution is -2.43. The molecule has 0 bridgehead atoms. The number of Topliss-reactive ketones (excluding diaryl/α,β-unsaturated/α-hetero) is 1. The van der Waals surface area contributed by atoms with E-state index in [2.05, 4.69) is 4.90 Å². The van der Waals surface area contributed by atoms with Gasteiger partial charge in [0.2, 0.25) is 0 Å². The van der Waals surface area contributed by atoms with Gasteiger partial charge in [0.15, 0.2) is 5.78 Å². The summed E-state index contributed by atoms with van der Waals surface area (Å²) < 4.78 is 12.8. The van der Waals surface area contributed by atoms with Crippen LogP contribution in [0.15, 0.2) is 24.3 Å². The van der Waals surface area contributed by atoms with Gasteiger partial charge >= 0.3 is 0 Å². The Labute approximate surface area is 113 Å². The zero-order valence-corrected chi connectivity index (χ0v) is 11.0. The van der Waals surface area contributed by atoms with Gasteiger partial charge in [0, 0.05) is 18.2 Å². The average molecular weight is 265 g/mol. The molecule has 1 atom stereocenters. The molecule has 1 aromatic carbocycles. The third-order valence-corrected chi connectivity index (χ3v) is 3.72. The number of rotatable bonds is 5. The first-order chi connectivity index (χ1) is 9.20. The Balaban J connectivity index is 1.98. The third-order valence-electron chi connectivity index (χ3n) is 3.72. The van der Waals surface area contributed by atoms with Crippen molar-refractivity contribution in [1.82, 2.24) is 4.90 Å². The maximum absolute atomic E-state index is 12.8. The first-order valence-electron chi connectivity index (χ1n) is 6.84. The van der Waals surface area contributed by atoms with Crippen LogP contribution in [0.2, 0.25) is 0 Å². The van der Waals surface area contributed by atoms with Gasteiger partial charge < -0.3 is 5.11 Å². The van der Waals surface area contributed by atoms with Gasteiger partial charge in [-0.1, -0.05) is 6.42 Å². The van der Waals surface area contributed by atoms with Crippen molar-refractivity contribution in [3.8, 4) is 0 Å². The maximum atomic E-state index is 12.8. The summed E-state index contributed by atoms with van der Waals surface area (Å²) in [5.74, 6) is -0.308. The lowest BCUT2D eigenvalue weighted by atomic mass is 9.98. The number of nitrogens with zero attached hydrogens (tertiary/aromatic N) is 1. The molecule has 0 aliphatic carbocycles. The summed E-state index contributed by atoms with van der Waals surface area (Å²) >= 11 is 0. The highest BCUT2D eigenvalue weighted by Crippen LogP contribution is 2.19. The fraction of sp³-hybridized carbons (Fsp3) is 0.533. The molecular weight excluding hydrogens is 245 g/mol. The Hall–Kier alpha value is -1.26. The minimum atomic E-state index is -0.326. The second kappa shape index (κ2) is 6.78. The van der Waals surface area contributed by atoms with E-state index >= 15 is 0 Å².